The molecule has 16 heavy (non-hydrogen) atoms. The fourth-order valence-electron chi connectivity index (χ4n) is 2.12. The van der Waals surface area contributed by atoms with Crippen molar-refractivity contribution in [3.05, 3.63) is 35.4 Å². The second-order valence-electron chi connectivity index (χ2n) is 4.45. The summed E-state index contributed by atoms with van der Waals surface area (Å²) >= 11 is 0. The van der Waals surface area contributed by atoms with Gasteiger partial charge in [0.05, 0.1) is 6.10 Å². The van der Waals surface area contributed by atoms with E-state index in [0.717, 1.165) is 6.07 Å². The summed E-state index contributed by atoms with van der Waals surface area (Å²) in [4.78, 5) is 0. The molecule has 1 heterocycles. The van der Waals surface area contributed by atoms with E-state index in [4.69, 9.17) is 10.5 Å². The van der Waals surface area contributed by atoms with Crippen molar-refractivity contribution in [2.45, 2.75) is 31.4 Å². The van der Waals surface area contributed by atoms with E-state index in [1.807, 2.05) is 6.92 Å². The Labute approximate surface area is 93.4 Å². The first kappa shape index (κ1) is 11.5. The van der Waals surface area contributed by atoms with Gasteiger partial charge < -0.3 is 10.5 Å². The lowest BCUT2D eigenvalue weighted by molar-refractivity contribution is 0.0954. The van der Waals surface area contributed by atoms with Gasteiger partial charge in [0.15, 0.2) is 0 Å². The Balaban J connectivity index is 2.20. The Morgan fingerprint density at radius 2 is 2.00 bits per heavy atom. The van der Waals surface area contributed by atoms with Crippen molar-refractivity contribution in [2.24, 2.45) is 5.73 Å². The number of halogens is 2. The maximum atomic E-state index is 13.0. The van der Waals surface area contributed by atoms with Crippen LogP contribution in [0.15, 0.2) is 18.2 Å². The number of hydrogen-bond donors (Lipinski definition) is 1. The smallest absolute Gasteiger partial charge is 0.126 e. The third-order valence-electron chi connectivity index (χ3n) is 3.20. The molecule has 1 aliphatic heterocycles. The number of hydrogen-bond acceptors (Lipinski definition) is 2. The summed E-state index contributed by atoms with van der Waals surface area (Å²) in [7, 11) is 0. The third-order valence-corrected chi connectivity index (χ3v) is 3.20. The van der Waals surface area contributed by atoms with Gasteiger partial charge in [-0.15, -0.1) is 0 Å². The molecule has 2 unspecified atom stereocenters. The zero-order valence-electron chi connectivity index (χ0n) is 9.17. The van der Waals surface area contributed by atoms with Crippen LogP contribution < -0.4 is 5.73 Å². The topological polar surface area (TPSA) is 35.2 Å². The predicted octanol–water partition coefficient (Wildman–Crippen LogP) is 2.01. The van der Waals surface area contributed by atoms with Gasteiger partial charge in [-0.2, -0.15) is 0 Å². The molecular formula is C12H15F2NO. The summed E-state index contributed by atoms with van der Waals surface area (Å²) in [5.74, 6) is -1.13. The highest BCUT2D eigenvalue weighted by atomic mass is 19.1. The van der Waals surface area contributed by atoms with Gasteiger partial charge in [-0.05, 0) is 37.5 Å². The number of rotatable bonds is 2. The summed E-state index contributed by atoms with van der Waals surface area (Å²) in [5, 5.41) is 0. The van der Waals surface area contributed by atoms with Gasteiger partial charge in [-0.1, -0.05) is 0 Å². The van der Waals surface area contributed by atoms with Crippen molar-refractivity contribution >= 4 is 0 Å². The van der Waals surface area contributed by atoms with Crippen LogP contribution in [-0.2, 0) is 11.2 Å². The second-order valence-corrected chi connectivity index (χ2v) is 4.45. The molecule has 2 N–H and O–H groups in total. The van der Waals surface area contributed by atoms with Gasteiger partial charge in [0, 0.05) is 18.2 Å². The largest absolute Gasteiger partial charge is 0.377 e. The Bertz CT molecular complexity index is 376. The van der Waals surface area contributed by atoms with Crippen molar-refractivity contribution in [3.8, 4) is 0 Å². The average molecular weight is 227 g/mol. The maximum absolute atomic E-state index is 13.0. The monoisotopic (exact) mass is 227 g/mol. The number of nitrogens with two attached hydrogens (primary N) is 1. The van der Waals surface area contributed by atoms with E-state index in [1.165, 1.54) is 12.1 Å². The molecule has 2 nitrogen and oxygen atoms in total. The van der Waals surface area contributed by atoms with Crippen LogP contribution in [0.4, 0.5) is 8.78 Å². The van der Waals surface area contributed by atoms with Crippen molar-refractivity contribution in [1.82, 2.24) is 0 Å². The van der Waals surface area contributed by atoms with E-state index in [-0.39, 0.29) is 6.10 Å². The lowest BCUT2D eigenvalue weighted by Crippen LogP contribution is -2.48. The third kappa shape index (κ3) is 2.23. The van der Waals surface area contributed by atoms with E-state index < -0.39 is 17.2 Å². The Hall–Kier alpha value is -1.00. The maximum Gasteiger partial charge on any atom is 0.126 e. The van der Waals surface area contributed by atoms with E-state index >= 15 is 0 Å². The molecule has 2 rings (SSSR count). The summed E-state index contributed by atoms with van der Waals surface area (Å²) in [5.41, 5.74) is 6.23. The summed E-state index contributed by atoms with van der Waals surface area (Å²) in [6, 6.07) is 3.51. The first-order valence-electron chi connectivity index (χ1n) is 5.35. The van der Waals surface area contributed by atoms with Crippen LogP contribution in [0, 0.1) is 11.6 Å². The van der Waals surface area contributed by atoms with Crippen molar-refractivity contribution in [2.75, 3.05) is 6.61 Å². The highest BCUT2D eigenvalue weighted by Gasteiger charge is 2.37. The van der Waals surface area contributed by atoms with Crippen LogP contribution >= 0.6 is 0 Å². The van der Waals surface area contributed by atoms with Gasteiger partial charge in [0.1, 0.15) is 11.6 Å². The van der Waals surface area contributed by atoms with Crippen LogP contribution in [-0.4, -0.2) is 18.2 Å². The highest BCUT2D eigenvalue weighted by Crippen LogP contribution is 2.27. The Morgan fingerprint density at radius 1 is 1.38 bits per heavy atom. The number of benzene rings is 1. The molecule has 0 spiro atoms. The molecule has 1 fully saturated rings. The molecule has 0 bridgehead atoms. The molecule has 0 amide bonds. The Morgan fingerprint density at radius 3 is 2.50 bits per heavy atom. The lowest BCUT2D eigenvalue weighted by atomic mass is 9.86. The summed E-state index contributed by atoms with van der Waals surface area (Å²) in [6.45, 7) is 2.50. The quantitative estimate of drug-likeness (QED) is 0.838. The first-order valence-corrected chi connectivity index (χ1v) is 5.35. The van der Waals surface area contributed by atoms with Gasteiger partial charge in [-0.25, -0.2) is 8.78 Å². The molecule has 4 heteroatoms. The standard InChI is InChI=1S/C12H15F2NO/c1-8-12(15,2-3-16-8)7-9-4-10(13)6-11(14)5-9/h4-6,8H,2-3,7,15H2,1H3. The van der Waals surface area contributed by atoms with Crippen LogP contribution in [0.3, 0.4) is 0 Å². The molecule has 1 saturated heterocycles. The first-order chi connectivity index (χ1) is 7.49. The van der Waals surface area contributed by atoms with Crippen molar-refractivity contribution in [1.29, 1.82) is 0 Å². The number of ether oxygens (including phenoxy) is 1. The molecule has 1 aromatic carbocycles. The van der Waals surface area contributed by atoms with Gasteiger partial charge in [-0.3, -0.25) is 0 Å². The molecule has 88 valence electrons. The predicted molar refractivity (Wildman–Crippen MR) is 57.0 cm³/mol. The lowest BCUT2D eigenvalue weighted by Gasteiger charge is -2.27. The molecule has 0 aromatic heterocycles. The molecule has 0 saturated carbocycles. The zero-order chi connectivity index (χ0) is 11.8. The van der Waals surface area contributed by atoms with Crippen LogP contribution in [0.25, 0.3) is 0 Å². The molecule has 2 atom stereocenters. The van der Waals surface area contributed by atoms with Crippen molar-refractivity contribution in [3.63, 3.8) is 0 Å². The second kappa shape index (κ2) is 4.11. The van der Waals surface area contributed by atoms with Gasteiger partial charge in [0.25, 0.3) is 0 Å². The van der Waals surface area contributed by atoms with Gasteiger partial charge in [0.2, 0.25) is 0 Å². The van der Waals surface area contributed by atoms with E-state index in [9.17, 15) is 8.78 Å². The van der Waals surface area contributed by atoms with Crippen LogP contribution in [0.5, 0.6) is 0 Å². The van der Waals surface area contributed by atoms with Crippen molar-refractivity contribution < 1.29 is 13.5 Å². The fourth-order valence-corrected chi connectivity index (χ4v) is 2.12. The Kier molecular flexibility index (Phi) is 2.95. The zero-order valence-corrected chi connectivity index (χ0v) is 9.17. The molecule has 1 aromatic rings. The molecule has 0 aliphatic carbocycles. The van der Waals surface area contributed by atoms with E-state index in [0.29, 0.717) is 25.0 Å². The van der Waals surface area contributed by atoms with E-state index in [1.54, 1.807) is 0 Å². The fraction of sp³-hybridized carbons (Fsp3) is 0.500. The van der Waals surface area contributed by atoms with E-state index in [2.05, 4.69) is 0 Å². The minimum absolute atomic E-state index is 0.0844. The van der Waals surface area contributed by atoms with Gasteiger partial charge >= 0.3 is 0 Å². The van der Waals surface area contributed by atoms with Crippen LogP contribution in [0.1, 0.15) is 18.9 Å². The SMILES string of the molecule is CC1OCCC1(N)Cc1cc(F)cc(F)c1. The minimum atomic E-state index is -0.565. The minimum Gasteiger partial charge on any atom is -0.377 e. The summed E-state index contributed by atoms with van der Waals surface area (Å²) in [6.07, 6.45) is 1.06. The summed E-state index contributed by atoms with van der Waals surface area (Å²) < 4.78 is 31.4. The molecule has 0 radical (unpaired) electrons. The molecular weight excluding hydrogens is 212 g/mol. The highest BCUT2D eigenvalue weighted by molar-refractivity contribution is 5.21. The molecule has 1 aliphatic rings. The average Bonchev–Trinajstić information content (AvgIpc) is 2.44. The van der Waals surface area contributed by atoms with Crippen LogP contribution in [0.2, 0.25) is 0 Å². The normalized spacial score (nSPS) is 29.6.